The molecule has 1 heterocycles. The van der Waals surface area contributed by atoms with E-state index in [2.05, 4.69) is 9.72 Å². The van der Waals surface area contributed by atoms with E-state index in [0.717, 1.165) is 6.07 Å². The Hall–Kier alpha value is -2.08. The topological polar surface area (TPSA) is 39.2 Å². The van der Waals surface area contributed by atoms with Gasteiger partial charge in [-0.05, 0) is 24.3 Å². The van der Waals surface area contributed by atoms with Crippen LogP contribution >= 0.6 is 11.6 Å². The molecule has 0 aliphatic carbocycles. The Labute approximate surface area is 117 Å². The number of para-hydroxylation sites is 1. The van der Waals surface area contributed by atoms with E-state index in [1.54, 1.807) is 0 Å². The Morgan fingerprint density at radius 3 is 2.50 bits per heavy atom. The highest BCUT2D eigenvalue weighted by molar-refractivity contribution is 6.29. The van der Waals surface area contributed by atoms with Gasteiger partial charge in [0, 0.05) is 11.1 Å². The maximum Gasteiger partial charge on any atom is 0.573 e. The molecule has 1 aromatic carbocycles. The average Bonchev–Trinajstić information content (AvgIpc) is 2.37. The van der Waals surface area contributed by atoms with Crippen LogP contribution in [0.25, 0.3) is 11.3 Å². The lowest BCUT2D eigenvalue weighted by Gasteiger charge is -2.13. The van der Waals surface area contributed by atoms with Gasteiger partial charge in [0.05, 0.1) is 5.69 Å². The Bertz CT molecular complexity index is 644. The third-order valence-electron chi connectivity index (χ3n) is 2.39. The van der Waals surface area contributed by atoms with Gasteiger partial charge in [0.1, 0.15) is 10.9 Å². The second kappa shape index (κ2) is 5.50. The van der Waals surface area contributed by atoms with E-state index in [1.807, 2.05) is 0 Å². The number of aldehydes is 1. The van der Waals surface area contributed by atoms with Crippen molar-refractivity contribution in [3.05, 3.63) is 47.1 Å². The van der Waals surface area contributed by atoms with E-state index in [4.69, 9.17) is 11.6 Å². The summed E-state index contributed by atoms with van der Waals surface area (Å²) < 4.78 is 41.0. The Balaban J connectivity index is 2.58. The number of nitrogens with zero attached hydrogens (tertiary/aromatic N) is 1. The molecule has 0 bridgehead atoms. The number of carbonyl (C=O) groups excluding carboxylic acids is 1. The summed E-state index contributed by atoms with van der Waals surface area (Å²) >= 11 is 5.72. The van der Waals surface area contributed by atoms with E-state index in [1.165, 1.54) is 30.3 Å². The molecular formula is C13H7ClF3NO2. The molecule has 1 aromatic heterocycles. The summed E-state index contributed by atoms with van der Waals surface area (Å²) in [6.45, 7) is 0. The zero-order chi connectivity index (χ0) is 14.8. The summed E-state index contributed by atoms with van der Waals surface area (Å²) in [5.41, 5.74) is 0.189. The lowest BCUT2D eigenvalue weighted by Crippen LogP contribution is -2.17. The molecule has 2 aromatic rings. The van der Waals surface area contributed by atoms with Crippen LogP contribution < -0.4 is 4.74 Å². The standard InChI is InChI=1S/C13H7ClF3NO2/c14-11-6-5-8(7-19)12(18-11)9-3-1-2-4-10(9)20-13(15,16)17/h1-7H. The van der Waals surface area contributed by atoms with Crippen molar-refractivity contribution in [3.8, 4) is 17.0 Å². The number of carbonyl (C=O) groups is 1. The highest BCUT2D eigenvalue weighted by Gasteiger charge is 2.32. The number of ether oxygens (including phenoxy) is 1. The summed E-state index contributed by atoms with van der Waals surface area (Å²) in [5.74, 6) is -0.446. The number of benzene rings is 1. The van der Waals surface area contributed by atoms with Crippen molar-refractivity contribution >= 4 is 17.9 Å². The van der Waals surface area contributed by atoms with Crippen LogP contribution in [-0.2, 0) is 0 Å². The molecule has 104 valence electrons. The predicted octanol–water partition coefficient (Wildman–Crippen LogP) is 4.11. The van der Waals surface area contributed by atoms with Crippen LogP contribution in [0, 0.1) is 0 Å². The first-order chi connectivity index (χ1) is 9.40. The summed E-state index contributed by atoms with van der Waals surface area (Å²) in [5, 5.41) is 0.0624. The molecule has 0 unspecified atom stereocenters. The van der Waals surface area contributed by atoms with Crippen LogP contribution in [0.5, 0.6) is 5.75 Å². The fraction of sp³-hybridized carbons (Fsp3) is 0.0769. The van der Waals surface area contributed by atoms with Gasteiger partial charge in [0.2, 0.25) is 0 Å². The second-order valence-corrected chi connectivity index (χ2v) is 4.12. The Morgan fingerprint density at radius 1 is 1.15 bits per heavy atom. The minimum Gasteiger partial charge on any atom is -0.405 e. The van der Waals surface area contributed by atoms with Crippen LogP contribution in [0.15, 0.2) is 36.4 Å². The quantitative estimate of drug-likeness (QED) is 0.632. The molecule has 20 heavy (non-hydrogen) atoms. The first-order valence-corrected chi connectivity index (χ1v) is 5.75. The van der Waals surface area contributed by atoms with E-state index in [-0.39, 0.29) is 22.0 Å². The van der Waals surface area contributed by atoms with Crippen LogP contribution in [0.2, 0.25) is 5.15 Å². The second-order valence-electron chi connectivity index (χ2n) is 3.73. The summed E-state index contributed by atoms with van der Waals surface area (Å²) in [4.78, 5) is 14.9. The fourth-order valence-electron chi connectivity index (χ4n) is 1.63. The predicted molar refractivity (Wildman–Crippen MR) is 66.8 cm³/mol. The molecule has 2 rings (SSSR count). The van der Waals surface area contributed by atoms with Crippen molar-refractivity contribution in [2.24, 2.45) is 0 Å². The minimum atomic E-state index is -4.84. The molecule has 7 heteroatoms. The van der Waals surface area contributed by atoms with Gasteiger partial charge < -0.3 is 4.74 Å². The van der Waals surface area contributed by atoms with Gasteiger partial charge in [-0.1, -0.05) is 23.7 Å². The SMILES string of the molecule is O=Cc1ccc(Cl)nc1-c1ccccc1OC(F)(F)F. The number of aromatic nitrogens is 1. The summed E-state index contributed by atoms with van der Waals surface area (Å²) in [6.07, 6.45) is -4.35. The highest BCUT2D eigenvalue weighted by atomic mass is 35.5. The highest BCUT2D eigenvalue weighted by Crippen LogP contribution is 2.34. The maximum atomic E-state index is 12.4. The fourth-order valence-corrected chi connectivity index (χ4v) is 1.78. The van der Waals surface area contributed by atoms with Gasteiger partial charge in [-0.15, -0.1) is 13.2 Å². The van der Waals surface area contributed by atoms with Crippen LogP contribution in [0.3, 0.4) is 0 Å². The third kappa shape index (κ3) is 3.27. The summed E-state index contributed by atoms with van der Waals surface area (Å²) in [6, 6.07) is 8.15. The van der Waals surface area contributed by atoms with Gasteiger partial charge >= 0.3 is 6.36 Å². The molecule has 3 nitrogen and oxygen atoms in total. The molecule has 0 saturated carbocycles. The molecule has 0 amide bonds. The lowest BCUT2D eigenvalue weighted by molar-refractivity contribution is -0.274. The van der Waals surface area contributed by atoms with Gasteiger partial charge in [0.25, 0.3) is 0 Å². The maximum absolute atomic E-state index is 12.4. The molecule has 0 spiro atoms. The lowest BCUT2D eigenvalue weighted by atomic mass is 10.1. The van der Waals surface area contributed by atoms with Crippen molar-refractivity contribution in [1.82, 2.24) is 4.98 Å². The Kier molecular flexibility index (Phi) is 3.94. The van der Waals surface area contributed by atoms with Crippen molar-refractivity contribution < 1.29 is 22.7 Å². The number of pyridine rings is 1. The first-order valence-electron chi connectivity index (χ1n) is 5.37. The molecule has 0 N–H and O–H groups in total. The van der Waals surface area contributed by atoms with Gasteiger partial charge in [-0.3, -0.25) is 4.79 Å². The normalized spacial score (nSPS) is 11.2. The molecule has 0 aliphatic heterocycles. The van der Waals surface area contributed by atoms with Crippen molar-refractivity contribution in [1.29, 1.82) is 0 Å². The summed E-state index contributed by atoms with van der Waals surface area (Å²) in [7, 11) is 0. The average molecular weight is 302 g/mol. The zero-order valence-electron chi connectivity index (χ0n) is 9.82. The molecule has 0 atom stereocenters. The minimum absolute atomic E-state index is 0.0346. The van der Waals surface area contributed by atoms with Crippen LogP contribution in [-0.4, -0.2) is 17.6 Å². The number of alkyl halides is 3. The Morgan fingerprint density at radius 2 is 1.85 bits per heavy atom. The largest absolute Gasteiger partial charge is 0.573 e. The molecule has 0 aliphatic rings. The smallest absolute Gasteiger partial charge is 0.405 e. The van der Waals surface area contributed by atoms with E-state index in [0.29, 0.717) is 6.29 Å². The van der Waals surface area contributed by atoms with Crippen molar-refractivity contribution in [2.45, 2.75) is 6.36 Å². The molecule has 0 fully saturated rings. The first kappa shape index (κ1) is 14.3. The van der Waals surface area contributed by atoms with E-state index in [9.17, 15) is 18.0 Å². The number of halogens is 4. The third-order valence-corrected chi connectivity index (χ3v) is 2.60. The van der Waals surface area contributed by atoms with Gasteiger partial charge in [-0.2, -0.15) is 0 Å². The van der Waals surface area contributed by atoms with Crippen molar-refractivity contribution in [3.63, 3.8) is 0 Å². The molecule has 0 saturated heterocycles. The number of rotatable bonds is 3. The molecular weight excluding hydrogens is 295 g/mol. The number of hydrogen-bond donors (Lipinski definition) is 0. The number of hydrogen-bond acceptors (Lipinski definition) is 3. The zero-order valence-corrected chi connectivity index (χ0v) is 10.6. The van der Waals surface area contributed by atoms with E-state index < -0.39 is 12.1 Å². The van der Waals surface area contributed by atoms with Crippen LogP contribution in [0.4, 0.5) is 13.2 Å². The monoisotopic (exact) mass is 301 g/mol. The van der Waals surface area contributed by atoms with Gasteiger partial charge in [-0.25, -0.2) is 4.98 Å². The van der Waals surface area contributed by atoms with Crippen LogP contribution in [0.1, 0.15) is 10.4 Å². The van der Waals surface area contributed by atoms with Crippen molar-refractivity contribution in [2.75, 3.05) is 0 Å². The van der Waals surface area contributed by atoms with E-state index >= 15 is 0 Å². The molecule has 0 radical (unpaired) electrons. The van der Waals surface area contributed by atoms with Gasteiger partial charge in [0.15, 0.2) is 6.29 Å².